The summed E-state index contributed by atoms with van der Waals surface area (Å²) in [5.74, 6) is 6.59. The van der Waals surface area contributed by atoms with Gasteiger partial charge >= 0.3 is 6.16 Å². The summed E-state index contributed by atoms with van der Waals surface area (Å²) in [5.41, 5.74) is -0.775. The fourth-order valence-electron chi connectivity index (χ4n) is 1.02. The molecule has 92 valence electrons. The van der Waals surface area contributed by atoms with Crippen molar-refractivity contribution in [1.82, 2.24) is 0 Å². The van der Waals surface area contributed by atoms with Crippen molar-refractivity contribution in [1.29, 1.82) is 0 Å². The van der Waals surface area contributed by atoms with Gasteiger partial charge in [0, 0.05) is 6.42 Å². The summed E-state index contributed by atoms with van der Waals surface area (Å²) in [7, 11) is 0. The van der Waals surface area contributed by atoms with Crippen LogP contribution < -0.4 is 0 Å². The molecule has 16 heavy (non-hydrogen) atoms. The fourth-order valence-corrected chi connectivity index (χ4v) is 1.02. The fraction of sp³-hybridized carbons (Fsp3) is 0.769. The second kappa shape index (κ2) is 7.16. The van der Waals surface area contributed by atoms with Crippen LogP contribution in [0.4, 0.5) is 4.79 Å². The van der Waals surface area contributed by atoms with Crippen molar-refractivity contribution in [3.63, 3.8) is 0 Å². The highest BCUT2D eigenvalue weighted by Gasteiger charge is 2.20. The number of carbonyl (C=O) groups is 1. The van der Waals surface area contributed by atoms with Crippen LogP contribution in [-0.4, -0.2) is 18.4 Å². The van der Waals surface area contributed by atoms with Crippen molar-refractivity contribution in [2.75, 3.05) is 6.61 Å². The van der Waals surface area contributed by atoms with Gasteiger partial charge in [-0.2, -0.15) is 0 Å². The molecule has 0 saturated heterocycles. The molecule has 0 aromatic heterocycles. The minimum Gasteiger partial charge on any atom is -0.435 e. The third-order valence-electron chi connectivity index (χ3n) is 1.84. The van der Waals surface area contributed by atoms with Gasteiger partial charge in [-0.15, -0.1) is 0 Å². The Balaban J connectivity index is 4.07. The Bertz CT molecular complexity index is 269. The Labute approximate surface area is 98.5 Å². The zero-order chi connectivity index (χ0) is 12.6. The van der Waals surface area contributed by atoms with Crippen molar-refractivity contribution in [3.05, 3.63) is 0 Å². The molecule has 0 heterocycles. The second-order valence-corrected chi connectivity index (χ2v) is 4.53. The zero-order valence-corrected chi connectivity index (χ0v) is 10.9. The lowest BCUT2D eigenvalue weighted by Crippen LogP contribution is -2.26. The third-order valence-corrected chi connectivity index (χ3v) is 1.84. The van der Waals surface area contributed by atoms with Crippen molar-refractivity contribution in [2.24, 2.45) is 5.92 Å². The standard InChI is InChI=1S/C13H22O3/c1-6-15-12(14)16-13(4,5)10-8-7-9-11(2)3/h11H,6-7,9H2,1-5H3. The van der Waals surface area contributed by atoms with E-state index in [1.807, 2.05) is 0 Å². The van der Waals surface area contributed by atoms with Crippen molar-refractivity contribution in [3.8, 4) is 11.8 Å². The van der Waals surface area contributed by atoms with E-state index in [-0.39, 0.29) is 0 Å². The van der Waals surface area contributed by atoms with Crippen LogP contribution in [0.15, 0.2) is 0 Å². The van der Waals surface area contributed by atoms with Gasteiger partial charge in [0.05, 0.1) is 6.61 Å². The SMILES string of the molecule is CCOC(=O)OC(C)(C)C#CCCC(C)C. The number of hydrogen-bond acceptors (Lipinski definition) is 3. The number of rotatable bonds is 4. The van der Waals surface area contributed by atoms with Gasteiger partial charge in [-0.25, -0.2) is 4.79 Å². The van der Waals surface area contributed by atoms with Crippen LogP contribution in [0.25, 0.3) is 0 Å². The maximum atomic E-state index is 11.1. The molecule has 3 nitrogen and oxygen atoms in total. The van der Waals surface area contributed by atoms with Crippen LogP contribution in [0.1, 0.15) is 47.5 Å². The Hall–Kier alpha value is -1.17. The first-order chi connectivity index (χ1) is 7.37. The number of hydrogen-bond donors (Lipinski definition) is 0. The normalized spacial score (nSPS) is 10.6. The van der Waals surface area contributed by atoms with E-state index in [0.717, 1.165) is 12.8 Å². The van der Waals surface area contributed by atoms with Gasteiger partial charge in [0.2, 0.25) is 0 Å². The van der Waals surface area contributed by atoms with Crippen LogP contribution in [0.2, 0.25) is 0 Å². The molecular weight excluding hydrogens is 204 g/mol. The minimum absolute atomic E-state index is 0.315. The predicted molar refractivity (Wildman–Crippen MR) is 64.0 cm³/mol. The van der Waals surface area contributed by atoms with Crippen LogP contribution >= 0.6 is 0 Å². The molecule has 0 radical (unpaired) electrons. The summed E-state index contributed by atoms with van der Waals surface area (Å²) in [5, 5.41) is 0. The molecule has 0 saturated carbocycles. The molecule has 0 N–H and O–H groups in total. The van der Waals surface area contributed by atoms with Gasteiger partial charge < -0.3 is 9.47 Å². The molecular formula is C13H22O3. The molecule has 0 aliphatic heterocycles. The highest BCUT2D eigenvalue weighted by atomic mass is 16.7. The van der Waals surface area contributed by atoms with Crippen LogP contribution in [0, 0.1) is 17.8 Å². The monoisotopic (exact) mass is 226 g/mol. The lowest BCUT2D eigenvalue weighted by molar-refractivity contribution is 0.0124. The Morgan fingerprint density at radius 1 is 1.38 bits per heavy atom. The molecule has 0 rings (SSSR count). The molecule has 0 fully saturated rings. The molecule has 0 aromatic carbocycles. The molecule has 0 spiro atoms. The Morgan fingerprint density at radius 2 is 2.00 bits per heavy atom. The smallest absolute Gasteiger partial charge is 0.435 e. The van der Waals surface area contributed by atoms with Crippen LogP contribution in [0.3, 0.4) is 0 Å². The summed E-state index contributed by atoms with van der Waals surface area (Å²) in [4.78, 5) is 11.1. The summed E-state index contributed by atoms with van der Waals surface area (Å²) < 4.78 is 9.74. The van der Waals surface area contributed by atoms with Gasteiger partial charge in [0.25, 0.3) is 0 Å². The van der Waals surface area contributed by atoms with Crippen LogP contribution in [0.5, 0.6) is 0 Å². The minimum atomic E-state index is -0.775. The summed E-state index contributed by atoms with van der Waals surface area (Å²) in [6.45, 7) is 9.88. The average molecular weight is 226 g/mol. The van der Waals surface area contributed by atoms with E-state index in [0.29, 0.717) is 12.5 Å². The van der Waals surface area contributed by atoms with Gasteiger partial charge in [-0.1, -0.05) is 25.7 Å². The molecule has 0 unspecified atom stereocenters. The van der Waals surface area contributed by atoms with E-state index >= 15 is 0 Å². The molecule has 3 heteroatoms. The van der Waals surface area contributed by atoms with Crippen molar-refractivity contribution in [2.45, 2.75) is 53.1 Å². The van der Waals surface area contributed by atoms with E-state index in [2.05, 4.69) is 25.7 Å². The molecule has 0 atom stereocenters. The second-order valence-electron chi connectivity index (χ2n) is 4.53. The maximum Gasteiger partial charge on any atom is 0.509 e. The molecule has 0 bridgehead atoms. The van der Waals surface area contributed by atoms with Crippen LogP contribution in [-0.2, 0) is 9.47 Å². The third kappa shape index (κ3) is 8.16. The first kappa shape index (κ1) is 14.8. The quantitative estimate of drug-likeness (QED) is 0.544. The maximum absolute atomic E-state index is 11.1. The summed E-state index contributed by atoms with van der Waals surface area (Å²) in [6.07, 6.45) is 1.22. The first-order valence-electron chi connectivity index (χ1n) is 5.73. The van der Waals surface area contributed by atoms with E-state index in [4.69, 9.17) is 9.47 Å². The highest BCUT2D eigenvalue weighted by Crippen LogP contribution is 2.09. The summed E-state index contributed by atoms with van der Waals surface area (Å²) in [6, 6.07) is 0. The average Bonchev–Trinajstić information content (AvgIpc) is 2.11. The zero-order valence-electron chi connectivity index (χ0n) is 10.9. The number of carbonyl (C=O) groups excluding carboxylic acids is 1. The van der Waals surface area contributed by atoms with Gasteiger partial charge in [0.15, 0.2) is 5.60 Å². The molecule has 0 aliphatic carbocycles. The van der Waals surface area contributed by atoms with Crippen molar-refractivity contribution < 1.29 is 14.3 Å². The van der Waals surface area contributed by atoms with E-state index < -0.39 is 11.8 Å². The van der Waals surface area contributed by atoms with Gasteiger partial charge in [-0.3, -0.25) is 0 Å². The Morgan fingerprint density at radius 3 is 2.50 bits per heavy atom. The van der Waals surface area contributed by atoms with Gasteiger partial charge in [0.1, 0.15) is 0 Å². The van der Waals surface area contributed by atoms with Crippen molar-refractivity contribution >= 4 is 6.16 Å². The predicted octanol–water partition coefficient (Wildman–Crippen LogP) is 3.38. The lowest BCUT2D eigenvalue weighted by Gasteiger charge is -2.17. The largest absolute Gasteiger partial charge is 0.509 e. The lowest BCUT2D eigenvalue weighted by atomic mass is 10.1. The van der Waals surface area contributed by atoms with E-state index in [1.54, 1.807) is 20.8 Å². The molecule has 0 aromatic rings. The van der Waals surface area contributed by atoms with E-state index in [9.17, 15) is 4.79 Å². The van der Waals surface area contributed by atoms with E-state index in [1.165, 1.54) is 0 Å². The number of ether oxygens (including phenoxy) is 2. The topological polar surface area (TPSA) is 35.5 Å². The first-order valence-corrected chi connectivity index (χ1v) is 5.73. The highest BCUT2D eigenvalue weighted by molar-refractivity contribution is 5.61. The Kier molecular flexibility index (Phi) is 6.64. The molecule has 0 amide bonds. The van der Waals surface area contributed by atoms with Gasteiger partial charge in [-0.05, 0) is 33.1 Å². The summed E-state index contributed by atoms with van der Waals surface area (Å²) >= 11 is 0. The molecule has 0 aliphatic rings.